The second kappa shape index (κ2) is 8.20. The molecule has 0 aliphatic rings. The molecule has 0 unspecified atom stereocenters. The number of H-pyrrole nitrogens is 1. The molecule has 148 valence electrons. The number of aromatic hydroxyl groups is 1. The van der Waals surface area contributed by atoms with Gasteiger partial charge in [-0.25, -0.2) is 0 Å². The highest BCUT2D eigenvalue weighted by molar-refractivity contribution is 5.84. The molecule has 29 heavy (non-hydrogen) atoms. The predicted octanol–water partition coefficient (Wildman–Crippen LogP) is 3.49. The summed E-state index contributed by atoms with van der Waals surface area (Å²) in [5.41, 5.74) is 4.52. The normalized spacial score (nSPS) is 11.0. The first-order valence-electron chi connectivity index (χ1n) is 9.32. The molecule has 0 aliphatic carbocycles. The van der Waals surface area contributed by atoms with Crippen molar-refractivity contribution in [3.63, 3.8) is 0 Å². The number of anilines is 1. The average molecular weight is 390 g/mol. The molecule has 0 atom stereocenters. The summed E-state index contributed by atoms with van der Waals surface area (Å²) in [6.45, 7) is 0.625. The minimum absolute atomic E-state index is 0.0264. The Morgan fingerprint density at radius 2 is 2.00 bits per heavy atom. The molecule has 4 rings (SSSR count). The van der Waals surface area contributed by atoms with Crippen molar-refractivity contribution >= 4 is 16.7 Å². The number of rotatable bonds is 7. The standard InChI is InChI=1S/C22H22N4O3/c1-29-22-25-20(15-4-2-3-14(9-15)13-27)11-21(26-22)23-8-7-16-12-24-19-6-5-17(28)10-18(16)19/h2-6,9-12,24,27-28H,7-8,13H2,1H3,(H,23,25,26). The second-order valence-electron chi connectivity index (χ2n) is 6.70. The van der Waals surface area contributed by atoms with Crippen LogP contribution < -0.4 is 10.1 Å². The van der Waals surface area contributed by atoms with E-state index in [-0.39, 0.29) is 18.4 Å². The first kappa shape index (κ1) is 18.8. The van der Waals surface area contributed by atoms with Gasteiger partial charge in [0.15, 0.2) is 0 Å². The number of nitrogens with zero attached hydrogens (tertiary/aromatic N) is 2. The largest absolute Gasteiger partial charge is 0.508 e. The van der Waals surface area contributed by atoms with Gasteiger partial charge < -0.3 is 25.3 Å². The lowest BCUT2D eigenvalue weighted by Gasteiger charge is -2.10. The summed E-state index contributed by atoms with van der Waals surface area (Å²) >= 11 is 0. The topological polar surface area (TPSA) is 103 Å². The van der Waals surface area contributed by atoms with Crippen LogP contribution in [0.3, 0.4) is 0 Å². The van der Waals surface area contributed by atoms with Crippen molar-refractivity contribution in [3.05, 3.63) is 65.9 Å². The molecule has 0 spiro atoms. The Bertz CT molecular complexity index is 1140. The molecule has 0 fully saturated rings. The summed E-state index contributed by atoms with van der Waals surface area (Å²) in [7, 11) is 1.53. The number of aromatic nitrogens is 3. The van der Waals surface area contributed by atoms with E-state index < -0.39 is 0 Å². The minimum Gasteiger partial charge on any atom is -0.508 e. The zero-order chi connectivity index (χ0) is 20.2. The third kappa shape index (κ3) is 4.14. The van der Waals surface area contributed by atoms with E-state index in [0.29, 0.717) is 18.1 Å². The van der Waals surface area contributed by atoms with Crippen molar-refractivity contribution < 1.29 is 14.9 Å². The highest BCUT2D eigenvalue weighted by Crippen LogP contribution is 2.25. The van der Waals surface area contributed by atoms with Crippen molar-refractivity contribution in [2.75, 3.05) is 19.0 Å². The number of methoxy groups -OCH3 is 1. The lowest BCUT2D eigenvalue weighted by atomic mass is 10.1. The van der Waals surface area contributed by atoms with Gasteiger partial charge in [-0.05, 0) is 41.8 Å². The van der Waals surface area contributed by atoms with Gasteiger partial charge in [-0.1, -0.05) is 18.2 Å². The summed E-state index contributed by atoms with van der Waals surface area (Å²) in [6, 6.07) is 15.0. The van der Waals surface area contributed by atoms with E-state index in [1.807, 2.05) is 42.6 Å². The Hall–Kier alpha value is -3.58. The molecule has 4 N–H and O–H groups in total. The number of phenolic OH excluding ortho intramolecular Hbond substituents is 1. The first-order valence-corrected chi connectivity index (χ1v) is 9.32. The highest BCUT2D eigenvalue weighted by atomic mass is 16.5. The van der Waals surface area contributed by atoms with Crippen LogP contribution in [0.1, 0.15) is 11.1 Å². The molecular weight excluding hydrogens is 368 g/mol. The lowest BCUT2D eigenvalue weighted by Crippen LogP contribution is -2.07. The number of aliphatic hydroxyl groups is 1. The minimum atomic E-state index is -0.0264. The molecule has 0 saturated carbocycles. The van der Waals surface area contributed by atoms with Gasteiger partial charge in [-0.3, -0.25) is 0 Å². The van der Waals surface area contributed by atoms with E-state index in [0.717, 1.165) is 34.0 Å². The summed E-state index contributed by atoms with van der Waals surface area (Å²) in [5.74, 6) is 0.908. The fourth-order valence-corrected chi connectivity index (χ4v) is 3.28. The summed E-state index contributed by atoms with van der Waals surface area (Å²) < 4.78 is 5.25. The number of hydrogen-bond acceptors (Lipinski definition) is 6. The van der Waals surface area contributed by atoms with E-state index in [1.54, 1.807) is 12.1 Å². The maximum absolute atomic E-state index is 9.73. The zero-order valence-corrected chi connectivity index (χ0v) is 16.0. The number of phenols is 1. The molecule has 7 heteroatoms. The van der Waals surface area contributed by atoms with E-state index in [1.165, 1.54) is 7.11 Å². The van der Waals surface area contributed by atoms with Crippen LogP contribution in [0, 0.1) is 0 Å². The van der Waals surface area contributed by atoms with Crippen LogP contribution in [0.5, 0.6) is 11.8 Å². The number of ether oxygens (including phenoxy) is 1. The summed E-state index contributed by atoms with van der Waals surface area (Å²) in [5, 5.41) is 23.4. The molecule has 7 nitrogen and oxygen atoms in total. The Labute approximate surface area is 168 Å². The Balaban J connectivity index is 1.53. The van der Waals surface area contributed by atoms with Gasteiger partial charge in [0.25, 0.3) is 0 Å². The fraction of sp³-hybridized carbons (Fsp3) is 0.182. The first-order chi connectivity index (χ1) is 14.2. The molecule has 0 amide bonds. The van der Waals surface area contributed by atoms with Crippen LogP contribution in [0.2, 0.25) is 0 Å². The lowest BCUT2D eigenvalue weighted by molar-refractivity contribution is 0.282. The third-order valence-corrected chi connectivity index (χ3v) is 4.74. The number of aromatic amines is 1. The van der Waals surface area contributed by atoms with Gasteiger partial charge >= 0.3 is 6.01 Å². The van der Waals surface area contributed by atoms with Gasteiger partial charge in [0, 0.05) is 35.3 Å². The summed E-state index contributed by atoms with van der Waals surface area (Å²) in [4.78, 5) is 12.0. The Morgan fingerprint density at radius 1 is 1.10 bits per heavy atom. The van der Waals surface area contributed by atoms with Crippen LogP contribution in [-0.2, 0) is 13.0 Å². The van der Waals surface area contributed by atoms with Crippen LogP contribution in [-0.4, -0.2) is 38.8 Å². The van der Waals surface area contributed by atoms with Crippen molar-refractivity contribution in [1.82, 2.24) is 15.0 Å². The van der Waals surface area contributed by atoms with Crippen molar-refractivity contribution in [2.45, 2.75) is 13.0 Å². The van der Waals surface area contributed by atoms with Gasteiger partial charge in [0.05, 0.1) is 19.4 Å². The number of fused-ring (bicyclic) bond motifs is 1. The van der Waals surface area contributed by atoms with Crippen LogP contribution in [0.15, 0.2) is 54.7 Å². The third-order valence-electron chi connectivity index (χ3n) is 4.74. The maximum atomic E-state index is 9.73. The average Bonchev–Trinajstić information content (AvgIpc) is 3.15. The number of aliphatic hydroxyl groups excluding tert-OH is 1. The fourth-order valence-electron chi connectivity index (χ4n) is 3.28. The molecule has 0 saturated heterocycles. The van der Waals surface area contributed by atoms with E-state index in [2.05, 4.69) is 20.3 Å². The molecule has 0 radical (unpaired) electrons. The monoisotopic (exact) mass is 390 g/mol. The predicted molar refractivity (Wildman–Crippen MR) is 112 cm³/mol. The molecule has 0 aliphatic heterocycles. The number of benzene rings is 2. The molecule has 2 heterocycles. The number of hydrogen-bond donors (Lipinski definition) is 4. The van der Waals surface area contributed by atoms with Crippen molar-refractivity contribution in [3.8, 4) is 23.0 Å². The molecule has 2 aromatic heterocycles. The maximum Gasteiger partial charge on any atom is 0.318 e. The van der Waals surface area contributed by atoms with Gasteiger partial charge in [-0.2, -0.15) is 9.97 Å². The summed E-state index contributed by atoms with van der Waals surface area (Å²) in [6.07, 6.45) is 2.71. The second-order valence-corrected chi connectivity index (χ2v) is 6.70. The molecule has 0 bridgehead atoms. The van der Waals surface area contributed by atoms with Gasteiger partial charge in [0.1, 0.15) is 11.6 Å². The SMILES string of the molecule is COc1nc(NCCc2c[nH]c3ccc(O)cc23)cc(-c2cccc(CO)c2)n1. The highest BCUT2D eigenvalue weighted by Gasteiger charge is 2.09. The number of nitrogens with one attached hydrogen (secondary N) is 2. The quantitative estimate of drug-likeness (QED) is 0.385. The smallest absolute Gasteiger partial charge is 0.318 e. The van der Waals surface area contributed by atoms with E-state index in [9.17, 15) is 10.2 Å². The van der Waals surface area contributed by atoms with Crippen molar-refractivity contribution in [1.29, 1.82) is 0 Å². The van der Waals surface area contributed by atoms with Crippen LogP contribution >= 0.6 is 0 Å². The van der Waals surface area contributed by atoms with Crippen molar-refractivity contribution in [2.24, 2.45) is 0 Å². The van der Waals surface area contributed by atoms with E-state index in [4.69, 9.17) is 4.74 Å². The Kier molecular flexibility index (Phi) is 5.31. The van der Waals surface area contributed by atoms with Crippen LogP contribution in [0.4, 0.5) is 5.82 Å². The molecule has 2 aromatic carbocycles. The molecule has 4 aromatic rings. The molecular formula is C22H22N4O3. The van der Waals surface area contributed by atoms with Crippen LogP contribution in [0.25, 0.3) is 22.2 Å². The van der Waals surface area contributed by atoms with E-state index >= 15 is 0 Å². The van der Waals surface area contributed by atoms with Gasteiger partial charge in [-0.15, -0.1) is 0 Å². The zero-order valence-electron chi connectivity index (χ0n) is 16.0. The Morgan fingerprint density at radius 3 is 2.83 bits per heavy atom. The van der Waals surface area contributed by atoms with Gasteiger partial charge in [0.2, 0.25) is 0 Å².